The molecular formula is C6H11N3S. The maximum absolute atomic E-state index is 4.99. The third kappa shape index (κ3) is 5.35. The lowest BCUT2D eigenvalue weighted by Crippen LogP contribution is -2.43. The van der Waals surface area contributed by atoms with Crippen molar-refractivity contribution in [2.45, 2.75) is 6.92 Å². The second-order valence-corrected chi connectivity index (χ2v) is 1.95. The minimum Gasteiger partial charge on any atom is -0.351 e. The Morgan fingerprint density at radius 2 is 2.40 bits per heavy atom. The van der Waals surface area contributed by atoms with E-state index in [2.05, 4.69) is 22.1 Å². The summed E-state index contributed by atoms with van der Waals surface area (Å²) in [4.78, 5) is 0. The van der Waals surface area contributed by atoms with Crippen molar-refractivity contribution < 1.29 is 0 Å². The van der Waals surface area contributed by atoms with Crippen molar-refractivity contribution in [3.05, 3.63) is 0 Å². The fourth-order valence-corrected chi connectivity index (χ4v) is 0.489. The van der Waals surface area contributed by atoms with Crippen LogP contribution in [0.5, 0.6) is 0 Å². The van der Waals surface area contributed by atoms with Gasteiger partial charge in [0.2, 0.25) is 0 Å². The monoisotopic (exact) mass is 157 g/mol. The minimum absolute atomic E-state index is 0.456. The molecule has 0 bridgehead atoms. The Hall–Kier alpha value is -0.790. The molecule has 0 spiro atoms. The van der Waals surface area contributed by atoms with Crippen molar-refractivity contribution >= 4 is 17.3 Å². The maximum Gasteiger partial charge on any atom is 0.181 e. The van der Waals surface area contributed by atoms with Gasteiger partial charge in [0.1, 0.15) is 0 Å². The van der Waals surface area contributed by atoms with Gasteiger partial charge < -0.3 is 5.32 Å². The molecule has 0 saturated carbocycles. The molecule has 0 fully saturated rings. The predicted molar refractivity (Wildman–Crippen MR) is 46.2 cm³/mol. The molecule has 0 saturated heterocycles. The summed E-state index contributed by atoms with van der Waals surface area (Å²) in [7, 11) is 0. The van der Waals surface area contributed by atoms with Crippen LogP contribution in [0.1, 0.15) is 6.92 Å². The van der Waals surface area contributed by atoms with Gasteiger partial charge >= 0.3 is 0 Å². The van der Waals surface area contributed by atoms with E-state index in [9.17, 15) is 0 Å². The predicted octanol–water partition coefficient (Wildman–Crippen LogP) is -0.392. The molecule has 10 heavy (non-hydrogen) atoms. The topological polar surface area (TPSA) is 36.1 Å². The van der Waals surface area contributed by atoms with Gasteiger partial charge in [0.05, 0.1) is 6.54 Å². The molecule has 3 N–H and O–H groups in total. The van der Waals surface area contributed by atoms with E-state index < -0.39 is 0 Å². The summed E-state index contributed by atoms with van der Waals surface area (Å²) in [5, 5.41) is 3.32. The zero-order valence-electron chi connectivity index (χ0n) is 5.90. The number of terminal acetylenes is 1. The lowest BCUT2D eigenvalue weighted by atomic mass is 10.7. The van der Waals surface area contributed by atoms with Crippen LogP contribution in [0, 0.1) is 12.3 Å². The standard InChI is InChI=1S/C6H11N3S/c1-3-5-7-6(10)9-8-4-2/h1,8H,4-5H2,2H3,(H2,7,9,10). The van der Waals surface area contributed by atoms with Gasteiger partial charge in [-0.15, -0.1) is 6.42 Å². The van der Waals surface area contributed by atoms with Crippen molar-refractivity contribution in [2.24, 2.45) is 0 Å². The Kier molecular flexibility index (Phi) is 5.83. The maximum atomic E-state index is 4.99. The van der Waals surface area contributed by atoms with E-state index in [1.54, 1.807) is 0 Å². The quantitative estimate of drug-likeness (QED) is 0.296. The lowest BCUT2D eigenvalue weighted by Gasteiger charge is -2.06. The summed E-state index contributed by atoms with van der Waals surface area (Å²) in [6, 6.07) is 0. The molecule has 0 atom stereocenters. The van der Waals surface area contributed by atoms with E-state index in [1.807, 2.05) is 6.92 Å². The third-order valence-electron chi connectivity index (χ3n) is 0.730. The first-order valence-corrected chi connectivity index (χ1v) is 3.42. The third-order valence-corrected chi connectivity index (χ3v) is 0.976. The van der Waals surface area contributed by atoms with Gasteiger partial charge in [0, 0.05) is 6.54 Å². The van der Waals surface area contributed by atoms with Crippen LogP contribution in [0.15, 0.2) is 0 Å². The highest BCUT2D eigenvalue weighted by atomic mass is 32.1. The molecule has 56 valence electrons. The average molecular weight is 157 g/mol. The van der Waals surface area contributed by atoms with Gasteiger partial charge in [-0.05, 0) is 12.2 Å². The highest BCUT2D eigenvalue weighted by molar-refractivity contribution is 7.80. The molecule has 3 nitrogen and oxygen atoms in total. The van der Waals surface area contributed by atoms with E-state index in [-0.39, 0.29) is 0 Å². The number of thiocarbonyl (C=S) groups is 1. The van der Waals surface area contributed by atoms with E-state index in [0.717, 1.165) is 6.54 Å². The first-order chi connectivity index (χ1) is 4.81. The number of hydrogen-bond acceptors (Lipinski definition) is 2. The fraction of sp³-hybridized carbons (Fsp3) is 0.500. The summed E-state index contributed by atoms with van der Waals surface area (Å²) in [6.45, 7) is 3.24. The molecule has 0 amide bonds. The average Bonchev–Trinajstić information content (AvgIpc) is 1.97. The SMILES string of the molecule is C#CCNC(=S)NNCC. The number of nitrogens with one attached hydrogen (secondary N) is 3. The normalized spacial score (nSPS) is 8.00. The Balaban J connectivity index is 3.19. The van der Waals surface area contributed by atoms with Crippen molar-refractivity contribution in [1.29, 1.82) is 0 Å². The minimum atomic E-state index is 0.456. The van der Waals surface area contributed by atoms with E-state index in [4.69, 9.17) is 18.6 Å². The van der Waals surface area contributed by atoms with Crippen LogP contribution in [0.2, 0.25) is 0 Å². The van der Waals surface area contributed by atoms with Crippen LogP contribution in [0.4, 0.5) is 0 Å². The molecule has 0 radical (unpaired) electrons. The molecule has 0 aromatic heterocycles. The molecule has 4 heteroatoms. The van der Waals surface area contributed by atoms with Crippen molar-refractivity contribution in [3.63, 3.8) is 0 Å². The summed E-state index contributed by atoms with van der Waals surface area (Å²) in [5.41, 5.74) is 5.58. The molecule has 0 heterocycles. The van der Waals surface area contributed by atoms with E-state index in [1.165, 1.54) is 0 Å². The van der Waals surface area contributed by atoms with Crippen LogP contribution in [0.25, 0.3) is 0 Å². The summed E-state index contributed by atoms with van der Waals surface area (Å²) in [6.07, 6.45) is 4.99. The van der Waals surface area contributed by atoms with Gasteiger partial charge in [-0.2, -0.15) is 0 Å². The largest absolute Gasteiger partial charge is 0.351 e. The molecule has 0 unspecified atom stereocenters. The van der Waals surface area contributed by atoms with Crippen LogP contribution in [-0.4, -0.2) is 18.2 Å². The second-order valence-electron chi connectivity index (χ2n) is 1.54. The van der Waals surface area contributed by atoms with Gasteiger partial charge in [0.25, 0.3) is 0 Å². The van der Waals surface area contributed by atoms with Crippen molar-refractivity contribution in [2.75, 3.05) is 13.1 Å². The molecule has 0 aliphatic rings. The molecule has 0 aliphatic heterocycles. The molecule has 0 aromatic rings. The smallest absolute Gasteiger partial charge is 0.181 e. The number of hydrazine groups is 1. The molecule has 0 aliphatic carbocycles. The molecular weight excluding hydrogens is 146 g/mol. The lowest BCUT2D eigenvalue weighted by molar-refractivity contribution is 0.676. The fourth-order valence-electron chi connectivity index (χ4n) is 0.344. The second kappa shape index (κ2) is 6.33. The van der Waals surface area contributed by atoms with E-state index in [0.29, 0.717) is 11.7 Å². The summed E-state index contributed by atoms with van der Waals surface area (Å²) >= 11 is 4.80. The Morgan fingerprint density at radius 3 is 2.90 bits per heavy atom. The molecule has 0 aromatic carbocycles. The highest BCUT2D eigenvalue weighted by Gasteiger charge is 1.87. The van der Waals surface area contributed by atoms with Gasteiger partial charge in [-0.1, -0.05) is 12.8 Å². The van der Waals surface area contributed by atoms with Gasteiger partial charge in [-0.3, -0.25) is 5.43 Å². The van der Waals surface area contributed by atoms with Crippen molar-refractivity contribution in [1.82, 2.24) is 16.2 Å². The van der Waals surface area contributed by atoms with Gasteiger partial charge in [-0.25, -0.2) is 5.43 Å². The zero-order chi connectivity index (χ0) is 7.82. The first kappa shape index (κ1) is 9.21. The Morgan fingerprint density at radius 1 is 1.70 bits per heavy atom. The van der Waals surface area contributed by atoms with Gasteiger partial charge in [0.15, 0.2) is 5.11 Å². The Labute approximate surface area is 66.5 Å². The molecule has 0 rings (SSSR count). The van der Waals surface area contributed by atoms with Crippen LogP contribution >= 0.6 is 12.2 Å². The van der Waals surface area contributed by atoms with E-state index >= 15 is 0 Å². The first-order valence-electron chi connectivity index (χ1n) is 3.01. The van der Waals surface area contributed by atoms with Crippen LogP contribution in [0.3, 0.4) is 0 Å². The highest BCUT2D eigenvalue weighted by Crippen LogP contribution is 1.60. The van der Waals surface area contributed by atoms with Crippen LogP contribution in [-0.2, 0) is 0 Å². The Bertz CT molecular complexity index is 138. The zero-order valence-corrected chi connectivity index (χ0v) is 6.72. The van der Waals surface area contributed by atoms with Crippen molar-refractivity contribution in [3.8, 4) is 12.3 Å². The number of hydrogen-bond donors (Lipinski definition) is 3. The number of rotatable bonds is 3. The summed E-state index contributed by atoms with van der Waals surface area (Å²) < 4.78 is 0. The van der Waals surface area contributed by atoms with Crippen LogP contribution < -0.4 is 16.2 Å². The summed E-state index contributed by atoms with van der Waals surface area (Å²) in [5.74, 6) is 2.41.